The van der Waals surface area contributed by atoms with Crippen molar-refractivity contribution in [2.75, 3.05) is 0 Å². The first-order valence-corrected chi connectivity index (χ1v) is 6.45. The lowest BCUT2D eigenvalue weighted by Crippen LogP contribution is -2.15. The summed E-state index contributed by atoms with van der Waals surface area (Å²) in [6.07, 6.45) is 2.57. The summed E-state index contributed by atoms with van der Waals surface area (Å²) in [4.78, 5) is 1.02. The van der Waals surface area contributed by atoms with E-state index in [9.17, 15) is 0 Å². The summed E-state index contributed by atoms with van der Waals surface area (Å²) in [6, 6.07) is 6.48. The molecule has 1 N–H and O–H groups in total. The van der Waals surface area contributed by atoms with Crippen LogP contribution in [0.15, 0.2) is 22.7 Å². The van der Waals surface area contributed by atoms with Crippen LogP contribution in [0.2, 0.25) is 4.34 Å². The molecule has 3 nitrogen and oxygen atoms in total. The van der Waals surface area contributed by atoms with E-state index in [1.807, 2.05) is 18.2 Å². The number of nitrogens with one attached hydrogen (secondary N) is 1. The minimum absolute atomic E-state index is 0.691. The Bertz CT molecular complexity index is 490. The first-order valence-electron chi connectivity index (χ1n) is 5.26. The molecular formula is C11H11ClN2OS. The molecule has 0 spiro atoms. The van der Waals surface area contributed by atoms with Gasteiger partial charge in [-0.05, 0) is 25.0 Å². The van der Waals surface area contributed by atoms with Crippen molar-refractivity contribution in [3.8, 4) is 10.6 Å². The van der Waals surface area contributed by atoms with E-state index in [-0.39, 0.29) is 0 Å². The number of thiophene rings is 1. The molecule has 0 bridgehead atoms. The molecule has 84 valence electrons. The SMILES string of the molecule is Clc1ccc(-c2cc(CNC3CC3)no2)s1. The Balaban J connectivity index is 1.71. The molecule has 3 rings (SSSR count). The molecule has 5 heteroatoms. The first kappa shape index (κ1) is 10.3. The van der Waals surface area contributed by atoms with Gasteiger partial charge in [0.25, 0.3) is 0 Å². The van der Waals surface area contributed by atoms with Gasteiger partial charge < -0.3 is 9.84 Å². The summed E-state index contributed by atoms with van der Waals surface area (Å²) in [7, 11) is 0. The van der Waals surface area contributed by atoms with E-state index < -0.39 is 0 Å². The van der Waals surface area contributed by atoms with Gasteiger partial charge in [0.05, 0.1) is 14.9 Å². The summed E-state index contributed by atoms with van der Waals surface area (Å²) in [6.45, 7) is 0.785. The predicted octanol–water partition coefficient (Wildman–Crippen LogP) is 3.31. The summed E-state index contributed by atoms with van der Waals surface area (Å²) < 4.78 is 6.05. The Morgan fingerprint density at radius 2 is 2.38 bits per heavy atom. The van der Waals surface area contributed by atoms with Gasteiger partial charge in [0.15, 0.2) is 5.76 Å². The van der Waals surface area contributed by atoms with Crippen LogP contribution in [0.1, 0.15) is 18.5 Å². The van der Waals surface area contributed by atoms with Crippen LogP contribution in [0.25, 0.3) is 10.6 Å². The van der Waals surface area contributed by atoms with Crippen molar-refractivity contribution >= 4 is 22.9 Å². The second-order valence-corrected chi connectivity index (χ2v) is 5.66. The van der Waals surface area contributed by atoms with Gasteiger partial charge in [0.2, 0.25) is 0 Å². The monoisotopic (exact) mass is 254 g/mol. The molecule has 0 amide bonds. The zero-order valence-electron chi connectivity index (χ0n) is 8.57. The van der Waals surface area contributed by atoms with E-state index >= 15 is 0 Å². The Morgan fingerprint density at radius 1 is 1.50 bits per heavy atom. The highest BCUT2D eigenvalue weighted by atomic mass is 35.5. The average Bonchev–Trinajstić information content (AvgIpc) is 2.81. The third kappa shape index (κ3) is 2.29. The van der Waals surface area contributed by atoms with Crippen LogP contribution in [0.4, 0.5) is 0 Å². The van der Waals surface area contributed by atoms with Gasteiger partial charge in [0, 0.05) is 18.7 Å². The molecule has 2 aromatic heterocycles. The lowest BCUT2D eigenvalue weighted by atomic mass is 10.3. The minimum Gasteiger partial charge on any atom is -0.355 e. The molecule has 0 aliphatic heterocycles. The second-order valence-electron chi connectivity index (χ2n) is 3.94. The van der Waals surface area contributed by atoms with Gasteiger partial charge in [0.1, 0.15) is 0 Å². The predicted molar refractivity (Wildman–Crippen MR) is 64.7 cm³/mol. The van der Waals surface area contributed by atoms with Gasteiger partial charge in [-0.1, -0.05) is 16.8 Å². The van der Waals surface area contributed by atoms with E-state index in [0.29, 0.717) is 6.04 Å². The van der Waals surface area contributed by atoms with Crippen molar-refractivity contribution in [1.29, 1.82) is 0 Å². The van der Waals surface area contributed by atoms with Crippen molar-refractivity contribution in [1.82, 2.24) is 10.5 Å². The Hall–Kier alpha value is -0.840. The first-order chi connectivity index (χ1) is 7.81. The lowest BCUT2D eigenvalue weighted by molar-refractivity contribution is 0.420. The van der Waals surface area contributed by atoms with Crippen LogP contribution in [-0.4, -0.2) is 11.2 Å². The number of hydrogen-bond donors (Lipinski definition) is 1. The highest BCUT2D eigenvalue weighted by Crippen LogP contribution is 2.31. The molecule has 16 heavy (non-hydrogen) atoms. The maximum atomic E-state index is 5.87. The van der Waals surface area contributed by atoms with Crippen LogP contribution in [0, 0.1) is 0 Å². The molecule has 1 fully saturated rings. The fourth-order valence-electron chi connectivity index (χ4n) is 1.49. The second kappa shape index (κ2) is 4.20. The van der Waals surface area contributed by atoms with E-state index in [4.69, 9.17) is 16.1 Å². The molecule has 0 aromatic carbocycles. The molecular weight excluding hydrogens is 244 g/mol. The van der Waals surface area contributed by atoms with Gasteiger partial charge >= 0.3 is 0 Å². The standard InChI is InChI=1S/C11H11ClN2OS/c12-11-4-3-10(16-11)9-5-8(14-15-9)6-13-7-1-2-7/h3-5,7,13H,1-2,6H2. The minimum atomic E-state index is 0.691. The Labute approximate surface area is 102 Å². The summed E-state index contributed by atoms with van der Waals surface area (Å²) in [5, 5.41) is 7.43. The zero-order chi connectivity index (χ0) is 11.0. The zero-order valence-corrected chi connectivity index (χ0v) is 10.1. The summed E-state index contributed by atoms with van der Waals surface area (Å²) >= 11 is 7.37. The summed E-state index contributed by atoms with van der Waals surface area (Å²) in [5.41, 5.74) is 0.950. The van der Waals surface area contributed by atoms with Gasteiger partial charge in [-0.2, -0.15) is 0 Å². The van der Waals surface area contributed by atoms with Gasteiger partial charge in [-0.3, -0.25) is 0 Å². The highest BCUT2D eigenvalue weighted by molar-refractivity contribution is 7.19. The molecule has 0 unspecified atom stereocenters. The largest absolute Gasteiger partial charge is 0.355 e. The molecule has 0 atom stereocenters. The van der Waals surface area contributed by atoms with Crippen LogP contribution in [0.3, 0.4) is 0 Å². The average molecular weight is 255 g/mol. The fourth-order valence-corrected chi connectivity index (χ4v) is 2.49. The summed E-state index contributed by atoms with van der Waals surface area (Å²) in [5.74, 6) is 0.796. The van der Waals surface area contributed by atoms with E-state index in [2.05, 4.69) is 10.5 Å². The van der Waals surface area contributed by atoms with Crippen LogP contribution in [0.5, 0.6) is 0 Å². The molecule has 1 aliphatic rings. The topological polar surface area (TPSA) is 38.1 Å². The van der Waals surface area contributed by atoms with E-state index in [1.165, 1.54) is 24.2 Å². The Kier molecular flexibility index (Phi) is 2.71. The third-order valence-electron chi connectivity index (χ3n) is 2.52. The maximum absolute atomic E-state index is 5.87. The van der Waals surface area contributed by atoms with Crippen LogP contribution >= 0.6 is 22.9 Å². The number of hydrogen-bond acceptors (Lipinski definition) is 4. The van der Waals surface area contributed by atoms with Crippen molar-refractivity contribution in [3.05, 3.63) is 28.2 Å². The lowest BCUT2D eigenvalue weighted by Gasteiger charge is -1.95. The van der Waals surface area contributed by atoms with Crippen molar-refractivity contribution in [2.24, 2.45) is 0 Å². The smallest absolute Gasteiger partial charge is 0.177 e. The van der Waals surface area contributed by atoms with Crippen molar-refractivity contribution in [3.63, 3.8) is 0 Å². The van der Waals surface area contributed by atoms with E-state index in [1.54, 1.807) is 0 Å². The van der Waals surface area contributed by atoms with Crippen molar-refractivity contribution < 1.29 is 4.52 Å². The Morgan fingerprint density at radius 3 is 3.06 bits per heavy atom. The normalized spacial score (nSPS) is 15.6. The maximum Gasteiger partial charge on any atom is 0.177 e. The molecule has 1 aliphatic carbocycles. The highest BCUT2D eigenvalue weighted by Gasteiger charge is 2.20. The van der Waals surface area contributed by atoms with Crippen molar-refractivity contribution in [2.45, 2.75) is 25.4 Å². The number of rotatable bonds is 4. The molecule has 2 heterocycles. The molecule has 0 saturated heterocycles. The van der Waals surface area contributed by atoms with Crippen LogP contribution < -0.4 is 5.32 Å². The van der Waals surface area contributed by atoms with Crippen LogP contribution in [-0.2, 0) is 6.54 Å². The number of aromatic nitrogens is 1. The molecule has 2 aromatic rings. The number of halogens is 1. The van der Waals surface area contributed by atoms with E-state index in [0.717, 1.165) is 27.2 Å². The fraction of sp³-hybridized carbons (Fsp3) is 0.364. The molecule has 1 saturated carbocycles. The third-order valence-corrected chi connectivity index (χ3v) is 3.77. The molecule has 0 radical (unpaired) electrons. The van der Waals surface area contributed by atoms with Gasteiger partial charge in [-0.15, -0.1) is 11.3 Å². The number of nitrogens with zero attached hydrogens (tertiary/aromatic N) is 1. The van der Waals surface area contributed by atoms with Gasteiger partial charge in [-0.25, -0.2) is 0 Å². The quantitative estimate of drug-likeness (QED) is 0.910.